The van der Waals surface area contributed by atoms with Crippen LogP contribution in [-0.4, -0.2) is 37.8 Å². The van der Waals surface area contributed by atoms with Crippen LogP contribution in [0.1, 0.15) is 5.56 Å². The predicted octanol–water partition coefficient (Wildman–Crippen LogP) is 0.00290. The number of ether oxygens (including phenoxy) is 3. The molecule has 2 aliphatic rings. The van der Waals surface area contributed by atoms with E-state index in [1.165, 1.54) is 0 Å². The third kappa shape index (κ3) is 1.50. The SMILES string of the molecule is NC(CO)C1(c2ccc3c(c2)OCO3)COC1. The van der Waals surface area contributed by atoms with E-state index in [1.807, 2.05) is 18.2 Å². The van der Waals surface area contributed by atoms with Gasteiger partial charge in [0.15, 0.2) is 11.5 Å². The molecule has 1 aromatic carbocycles. The van der Waals surface area contributed by atoms with Crippen LogP contribution in [0.5, 0.6) is 11.5 Å². The summed E-state index contributed by atoms with van der Waals surface area (Å²) in [5, 5.41) is 9.25. The van der Waals surface area contributed by atoms with E-state index in [2.05, 4.69) is 0 Å². The Bertz CT molecular complexity index is 431. The summed E-state index contributed by atoms with van der Waals surface area (Å²) in [5.74, 6) is 1.49. The first kappa shape index (κ1) is 10.8. The number of hydrogen-bond donors (Lipinski definition) is 2. The maximum atomic E-state index is 9.25. The lowest BCUT2D eigenvalue weighted by Crippen LogP contribution is -2.60. The highest BCUT2D eigenvalue weighted by molar-refractivity contribution is 5.47. The number of aliphatic hydroxyl groups is 1. The first-order valence-electron chi connectivity index (χ1n) is 5.60. The molecular formula is C12H15NO4. The van der Waals surface area contributed by atoms with Crippen LogP contribution in [-0.2, 0) is 10.2 Å². The number of hydrogen-bond acceptors (Lipinski definition) is 5. The second-order valence-electron chi connectivity index (χ2n) is 4.51. The highest BCUT2D eigenvalue weighted by atomic mass is 16.7. The molecular weight excluding hydrogens is 222 g/mol. The highest BCUT2D eigenvalue weighted by Crippen LogP contribution is 2.40. The maximum absolute atomic E-state index is 9.25. The molecule has 0 amide bonds. The fourth-order valence-corrected chi connectivity index (χ4v) is 2.30. The van der Waals surface area contributed by atoms with Crippen LogP contribution in [0.25, 0.3) is 0 Å². The number of nitrogens with two attached hydrogens (primary N) is 1. The molecule has 0 aliphatic carbocycles. The summed E-state index contributed by atoms with van der Waals surface area (Å²) >= 11 is 0. The van der Waals surface area contributed by atoms with Gasteiger partial charge in [-0.1, -0.05) is 6.07 Å². The van der Waals surface area contributed by atoms with Gasteiger partial charge < -0.3 is 25.1 Å². The Morgan fingerprint density at radius 3 is 2.71 bits per heavy atom. The summed E-state index contributed by atoms with van der Waals surface area (Å²) in [6.45, 7) is 1.27. The zero-order chi connectivity index (χ0) is 11.9. The second-order valence-corrected chi connectivity index (χ2v) is 4.51. The maximum Gasteiger partial charge on any atom is 0.231 e. The molecule has 0 aromatic heterocycles. The molecule has 17 heavy (non-hydrogen) atoms. The number of fused-ring (bicyclic) bond motifs is 1. The Hall–Kier alpha value is -1.30. The molecule has 92 valence electrons. The van der Waals surface area contributed by atoms with Gasteiger partial charge in [0, 0.05) is 6.04 Å². The van der Waals surface area contributed by atoms with Gasteiger partial charge in [0.25, 0.3) is 0 Å². The second kappa shape index (κ2) is 3.87. The Morgan fingerprint density at radius 2 is 2.06 bits per heavy atom. The molecule has 3 N–H and O–H groups in total. The Balaban J connectivity index is 1.97. The third-order valence-corrected chi connectivity index (χ3v) is 3.57. The van der Waals surface area contributed by atoms with Crippen molar-refractivity contribution in [3.8, 4) is 11.5 Å². The molecule has 1 saturated heterocycles. The highest BCUT2D eigenvalue weighted by Gasteiger charge is 2.45. The van der Waals surface area contributed by atoms with Crippen LogP contribution in [0.3, 0.4) is 0 Å². The van der Waals surface area contributed by atoms with E-state index in [1.54, 1.807) is 0 Å². The van der Waals surface area contributed by atoms with Crippen molar-refractivity contribution < 1.29 is 19.3 Å². The fourth-order valence-electron chi connectivity index (χ4n) is 2.30. The summed E-state index contributed by atoms with van der Waals surface area (Å²) in [7, 11) is 0. The van der Waals surface area contributed by atoms with Gasteiger partial charge in [-0.2, -0.15) is 0 Å². The summed E-state index contributed by atoms with van der Waals surface area (Å²) in [4.78, 5) is 0. The normalized spacial score (nSPS) is 22.0. The first-order chi connectivity index (χ1) is 8.26. The van der Waals surface area contributed by atoms with Gasteiger partial charge in [0.05, 0.1) is 25.2 Å². The van der Waals surface area contributed by atoms with Gasteiger partial charge in [0.2, 0.25) is 6.79 Å². The largest absolute Gasteiger partial charge is 0.454 e. The number of aliphatic hydroxyl groups excluding tert-OH is 1. The van der Waals surface area contributed by atoms with Crippen LogP contribution >= 0.6 is 0 Å². The molecule has 1 fully saturated rings. The Kier molecular flexibility index (Phi) is 2.47. The lowest BCUT2D eigenvalue weighted by molar-refractivity contribution is -0.0798. The monoisotopic (exact) mass is 237 g/mol. The molecule has 2 aliphatic heterocycles. The summed E-state index contributed by atoms with van der Waals surface area (Å²) in [6.07, 6.45) is 0. The van der Waals surface area contributed by atoms with Crippen molar-refractivity contribution in [1.29, 1.82) is 0 Å². The number of benzene rings is 1. The van der Waals surface area contributed by atoms with E-state index in [0.29, 0.717) is 13.2 Å². The van der Waals surface area contributed by atoms with Crippen molar-refractivity contribution in [1.82, 2.24) is 0 Å². The molecule has 3 rings (SSSR count). The molecule has 5 heteroatoms. The van der Waals surface area contributed by atoms with Crippen molar-refractivity contribution in [2.75, 3.05) is 26.6 Å². The average molecular weight is 237 g/mol. The average Bonchev–Trinajstić information content (AvgIpc) is 2.74. The minimum absolute atomic E-state index is 0.0577. The minimum Gasteiger partial charge on any atom is -0.454 e. The van der Waals surface area contributed by atoms with Gasteiger partial charge in [-0.05, 0) is 17.7 Å². The molecule has 2 heterocycles. The number of rotatable bonds is 3. The van der Waals surface area contributed by atoms with Crippen molar-refractivity contribution in [3.05, 3.63) is 23.8 Å². The predicted molar refractivity (Wildman–Crippen MR) is 60.1 cm³/mol. The van der Waals surface area contributed by atoms with E-state index in [-0.39, 0.29) is 24.9 Å². The lowest BCUT2D eigenvalue weighted by atomic mass is 9.73. The van der Waals surface area contributed by atoms with Crippen molar-refractivity contribution >= 4 is 0 Å². The molecule has 0 bridgehead atoms. The van der Waals surface area contributed by atoms with Crippen molar-refractivity contribution in [2.24, 2.45) is 5.73 Å². The van der Waals surface area contributed by atoms with Crippen LogP contribution < -0.4 is 15.2 Å². The first-order valence-corrected chi connectivity index (χ1v) is 5.60. The van der Waals surface area contributed by atoms with Gasteiger partial charge in [-0.25, -0.2) is 0 Å². The third-order valence-electron chi connectivity index (χ3n) is 3.57. The molecule has 1 unspecified atom stereocenters. The van der Waals surface area contributed by atoms with Crippen LogP contribution in [0, 0.1) is 0 Å². The van der Waals surface area contributed by atoms with Crippen LogP contribution in [0.4, 0.5) is 0 Å². The van der Waals surface area contributed by atoms with E-state index >= 15 is 0 Å². The van der Waals surface area contributed by atoms with E-state index in [9.17, 15) is 5.11 Å². The molecule has 1 aromatic rings. The Labute approximate surface area is 99.1 Å². The lowest BCUT2D eigenvalue weighted by Gasteiger charge is -2.45. The zero-order valence-electron chi connectivity index (χ0n) is 9.39. The fraction of sp³-hybridized carbons (Fsp3) is 0.500. The van der Waals surface area contributed by atoms with E-state index in [0.717, 1.165) is 17.1 Å². The van der Waals surface area contributed by atoms with Crippen LogP contribution in [0.2, 0.25) is 0 Å². The summed E-state index contributed by atoms with van der Waals surface area (Å²) in [5.41, 5.74) is 6.73. The van der Waals surface area contributed by atoms with Gasteiger partial charge in [0.1, 0.15) is 0 Å². The van der Waals surface area contributed by atoms with Gasteiger partial charge >= 0.3 is 0 Å². The van der Waals surface area contributed by atoms with Crippen molar-refractivity contribution in [3.63, 3.8) is 0 Å². The minimum atomic E-state index is -0.323. The summed E-state index contributed by atoms with van der Waals surface area (Å²) < 4.78 is 15.9. The standard InChI is InChI=1S/C12H15NO4/c13-11(4-14)12(5-15-6-12)8-1-2-9-10(3-8)17-7-16-9/h1-3,11,14H,4-7,13H2. The quantitative estimate of drug-likeness (QED) is 0.774. The molecule has 0 radical (unpaired) electrons. The van der Waals surface area contributed by atoms with Crippen molar-refractivity contribution in [2.45, 2.75) is 11.5 Å². The van der Waals surface area contributed by atoms with Gasteiger partial charge in [-0.15, -0.1) is 0 Å². The van der Waals surface area contributed by atoms with E-state index < -0.39 is 0 Å². The Morgan fingerprint density at radius 1 is 1.29 bits per heavy atom. The topological polar surface area (TPSA) is 73.9 Å². The molecule has 1 atom stereocenters. The summed E-state index contributed by atoms with van der Waals surface area (Å²) in [6, 6.07) is 5.45. The smallest absolute Gasteiger partial charge is 0.231 e. The zero-order valence-corrected chi connectivity index (χ0v) is 9.39. The molecule has 5 nitrogen and oxygen atoms in total. The molecule has 0 saturated carbocycles. The van der Waals surface area contributed by atoms with Gasteiger partial charge in [-0.3, -0.25) is 0 Å². The van der Waals surface area contributed by atoms with E-state index in [4.69, 9.17) is 19.9 Å². The van der Waals surface area contributed by atoms with Crippen LogP contribution in [0.15, 0.2) is 18.2 Å². The molecule has 0 spiro atoms.